The number of carbonyl (C=O) groups is 1. The van der Waals surface area contributed by atoms with E-state index >= 15 is 0 Å². The zero-order valence-corrected chi connectivity index (χ0v) is 11.5. The second-order valence-corrected chi connectivity index (χ2v) is 5.15. The Kier molecular flexibility index (Phi) is 3.18. The van der Waals surface area contributed by atoms with Crippen molar-refractivity contribution in [3.63, 3.8) is 0 Å². The minimum Gasteiger partial charge on any atom is -0.399 e. The highest BCUT2D eigenvalue weighted by atomic mass is 16.1. The molecule has 1 aromatic carbocycles. The Morgan fingerprint density at radius 1 is 1.30 bits per heavy atom. The SMILES string of the molecule is Cc1cc(N2CCNC(=O)CC2)c2cc(N)ccc2n1. The van der Waals surface area contributed by atoms with Crippen LogP contribution in [0.25, 0.3) is 10.9 Å². The quantitative estimate of drug-likeness (QED) is 0.769. The molecular weight excluding hydrogens is 252 g/mol. The molecule has 3 N–H and O–H groups in total. The molecule has 0 bridgehead atoms. The summed E-state index contributed by atoms with van der Waals surface area (Å²) in [5.41, 5.74) is 9.65. The van der Waals surface area contributed by atoms with E-state index in [2.05, 4.69) is 21.3 Å². The molecular formula is C15H18N4O. The molecule has 3 rings (SSSR count). The summed E-state index contributed by atoms with van der Waals surface area (Å²) in [5, 5.41) is 3.94. The van der Waals surface area contributed by atoms with Crippen molar-refractivity contribution in [2.75, 3.05) is 30.3 Å². The highest BCUT2D eigenvalue weighted by molar-refractivity contribution is 5.94. The summed E-state index contributed by atoms with van der Waals surface area (Å²) in [6, 6.07) is 7.84. The van der Waals surface area contributed by atoms with Crippen molar-refractivity contribution in [1.29, 1.82) is 0 Å². The summed E-state index contributed by atoms with van der Waals surface area (Å²) in [7, 11) is 0. The van der Waals surface area contributed by atoms with E-state index in [-0.39, 0.29) is 5.91 Å². The molecule has 5 nitrogen and oxygen atoms in total. The lowest BCUT2D eigenvalue weighted by Gasteiger charge is -2.24. The highest BCUT2D eigenvalue weighted by Gasteiger charge is 2.16. The first-order valence-electron chi connectivity index (χ1n) is 6.82. The number of aryl methyl sites for hydroxylation is 1. The zero-order chi connectivity index (χ0) is 14.1. The average molecular weight is 270 g/mol. The molecule has 0 atom stereocenters. The molecule has 104 valence electrons. The van der Waals surface area contributed by atoms with Gasteiger partial charge in [0.05, 0.1) is 5.52 Å². The first-order valence-corrected chi connectivity index (χ1v) is 6.82. The second kappa shape index (κ2) is 5.00. The Bertz CT molecular complexity index is 668. The number of nitrogens with one attached hydrogen (secondary N) is 1. The Balaban J connectivity index is 2.09. The van der Waals surface area contributed by atoms with Crippen LogP contribution in [0.5, 0.6) is 0 Å². The van der Waals surface area contributed by atoms with Crippen LogP contribution in [0.4, 0.5) is 11.4 Å². The Morgan fingerprint density at radius 2 is 2.15 bits per heavy atom. The van der Waals surface area contributed by atoms with Gasteiger partial charge in [-0.3, -0.25) is 9.78 Å². The van der Waals surface area contributed by atoms with Gasteiger partial charge in [0.15, 0.2) is 0 Å². The van der Waals surface area contributed by atoms with Crippen LogP contribution in [0.3, 0.4) is 0 Å². The maximum Gasteiger partial charge on any atom is 0.221 e. The summed E-state index contributed by atoms with van der Waals surface area (Å²) in [6.07, 6.45) is 0.519. The third-order valence-electron chi connectivity index (χ3n) is 3.59. The number of pyridine rings is 1. The van der Waals surface area contributed by atoms with Crippen LogP contribution in [0, 0.1) is 6.92 Å². The van der Waals surface area contributed by atoms with E-state index in [1.807, 2.05) is 25.1 Å². The van der Waals surface area contributed by atoms with E-state index in [9.17, 15) is 4.79 Å². The van der Waals surface area contributed by atoms with Crippen molar-refractivity contribution in [2.24, 2.45) is 0 Å². The number of hydrogen-bond donors (Lipinski definition) is 2. The topological polar surface area (TPSA) is 71.2 Å². The molecule has 1 saturated heterocycles. The number of benzene rings is 1. The molecule has 2 aromatic rings. The first-order chi connectivity index (χ1) is 9.63. The fraction of sp³-hybridized carbons (Fsp3) is 0.333. The molecule has 5 heteroatoms. The maximum absolute atomic E-state index is 11.5. The molecule has 0 spiro atoms. The van der Waals surface area contributed by atoms with Gasteiger partial charge in [0.25, 0.3) is 0 Å². The summed E-state index contributed by atoms with van der Waals surface area (Å²) < 4.78 is 0. The number of amides is 1. The van der Waals surface area contributed by atoms with Crippen molar-refractivity contribution < 1.29 is 4.79 Å². The van der Waals surface area contributed by atoms with Gasteiger partial charge in [-0.05, 0) is 31.2 Å². The number of fused-ring (bicyclic) bond motifs is 1. The van der Waals surface area contributed by atoms with E-state index in [0.29, 0.717) is 13.0 Å². The minimum atomic E-state index is 0.113. The van der Waals surface area contributed by atoms with Crippen LogP contribution in [-0.4, -0.2) is 30.5 Å². The monoisotopic (exact) mass is 270 g/mol. The maximum atomic E-state index is 11.5. The molecule has 1 aliphatic heterocycles. The van der Waals surface area contributed by atoms with E-state index in [1.165, 1.54) is 0 Å². The Morgan fingerprint density at radius 3 is 3.00 bits per heavy atom. The van der Waals surface area contributed by atoms with Gasteiger partial charge in [-0.2, -0.15) is 0 Å². The largest absolute Gasteiger partial charge is 0.399 e. The normalized spacial score (nSPS) is 16.1. The molecule has 0 aliphatic carbocycles. The molecule has 0 unspecified atom stereocenters. The number of carbonyl (C=O) groups excluding carboxylic acids is 1. The van der Waals surface area contributed by atoms with Crippen LogP contribution in [0.1, 0.15) is 12.1 Å². The fourth-order valence-electron chi connectivity index (χ4n) is 2.62. The summed E-state index contributed by atoms with van der Waals surface area (Å²) in [5.74, 6) is 0.113. The molecule has 1 aliphatic rings. The van der Waals surface area contributed by atoms with Gasteiger partial charge in [-0.25, -0.2) is 0 Å². The van der Waals surface area contributed by atoms with Crippen LogP contribution >= 0.6 is 0 Å². The summed E-state index contributed by atoms with van der Waals surface area (Å²) in [4.78, 5) is 18.3. The minimum absolute atomic E-state index is 0.113. The van der Waals surface area contributed by atoms with Gasteiger partial charge >= 0.3 is 0 Å². The number of anilines is 2. The van der Waals surface area contributed by atoms with Gasteiger partial charge in [0, 0.05) is 48.5 Å². The van der Waals surface area contributed by atoms with E-state index in [1.54, 1.807) is 0 Å². The van der Waals surface area contributed by atoms with Crippen molar-refractivity contribution in [3.8, 4) is 0 Å². The van der Waals surface area contributed by atoms with Crippen LogP contribution in [0.2, 0.25) is 0 Å². The highest BCUT2D eigenvalue weighted by Crippen LogP contribution is 2.28. The lowest BCUT2D eigenvalue weighted by atomic mass is 10.1. The van der Waals surface area contributed by atoms with Crippen molar-refractivity contribution in [1.82, 2.24) is 10.3 Å². The summed E-state index contributed by atoms with van der Waals surface area (Å²) in [6.45, 7) is 4.18. The second-order valence-electron chi connectivity index (χ2n) is 5.15. The molecule has 1 fully saturated rings. The number of rotatable bonds is 1. The molecule has 20 heavy (non-hydrogen) atoms. The first kappa shape index (κ1) is 12.7. The van der Waals surface area contributed by atoms with E-state index < -0.39 is 0 Å². The van der Waals surface area contributed by atoms with Crippen LogP contribution < -0.4 is 16.0 Å². The molecule has 1 amide bonds. The standard InChI is InChI=1S/C15H18N4O/c1-10-8-14(19-6-4-15(20)17-5-7-19)12-9-11(16)2-3-13(12)18-10/h2-3,8-9H,4-7,16H2,1H3,(H,17,20). The number of aromatic nitrogens is 1. The molecule has 0 radical (unpaired) electrons. The van der Waals surface area contributed by atoms with Crippen molar-refractivity contribution in [3.05, 3.63) is 30.0 Å². The number of hydrogen-bond acceptors (Lipinski definition) is 4. The third-order valence-corrected chi connectivity index (χ3v) is 3.59. The number of nitrogens with zero attached hydrogens (tertiary/aromatic N) is 2. The molecule has 0 saturated carbocycles. The van der Waals surface area contributed by atoms with Crippen molar-refractivity contribution in [2.45, 2.75) is 13.3 Å². The summed E-state index contributed by atoms with van der Waals surface area (Å²) >= 11 is 0. The average Bonchev–Trinajstić information content (AvgIpc) is 2.63. The van der Waals surface area contributed by atoms with Crippen molar-refractivity contribution >= 4 is 28.2 Å². The lowest BCUT2D eigenvalue weighted by molar-refractivity contribution is -0.120. The van der Waals surface area contributed by atoms with Crippen LogP contribution in [0.15, 0.2) is 24.3 Å². The smallest absolute Gasteiger partial charge is 0.221 e. The third kappa shape index (κ3) is 2.39. The van der Waals surface area contributed by atoms with Gasteiger partial charge in [-0.15, -0.1) is 0 Å². The van der Waals surface area contributed by atoms with Gasteiger partial charge in [0.1, 0.15) is 0 Å². The van der Waals surface area contributed by atoms with Gasteiger partial charge in [-0.1, -0.05) is 0 Å². The number of nitrogens with two attached hydrogens (primary N) is 1. The van der Waals surface area contributed by atoms with E-state index in [4.69, 9.17) is 5.73 Å². The molecule has 2 heterocycles. The van der Waals surface area contributed by atoms with Crippen LogP contribution in [-0.2, 0) is 4.79 Å². The van der Waals surface area contributed by atoms with E-state index in [0.717, 1.165) is 41.1 Å². The predicted molar refractivity (Wildman–Crippen MR) is 80.7 cm³/mol. The molecule has 1 aromatic heterocycles. The van der Waals surface area contributed by atoms with Gasteiger partial charge in [0.2, 0.25) is 5.91 Å². The number of nitrogen functional groups attached to an aromatic ring is 1. The Labute approximate surface area is 117 Å². The fourth-order valence-corrected chi connectivity index (χ4v) is 2.62. The van der Waals surface area contributed by atoms with Gasteiger partial charge < -0.3 is 16.0 Å². The lowest BCUT2D eigenvalue weighted by Crippen LogP contribution is -2.28. The Hall–Kier alpha value is -2.30. The predicted octanol–water partition coefficient (Wildman–Crippen LogP) is 1.45. The zero-order valence-electron chi connectivity index (χ0n) is 11.5.